The molecule has 2 aromatic rings. The van der Waals surface area contributed by atoms with Gasteiger partial charge in [-0.05, 0) is 81.9 Å². The van der Waals surface area contributed by atoms with Crippen LogP contribution < -0.4 is 9.47 Å². The summed E-state index contributed by atoms with van der Waals surface area (Å²) in [5, 5.41) is 11.3. The highest BCUT2D eigenvalue weighted by Crippen LogP contribution is 2.40. The van der Waals surface area contributed by atoms with E-state index in [0.29, 0.717) is 42.2 Å². The average Bonchev–Trinajstić information content (AvgIpc) is 3.15. The van der Waals surface area contributed by atoms with Crippen molar-refractivity contribution < 1.29 is 24.2 Å². The van der Waals surface area contributed by atoms with Crippen LogP contribution in [0.5, 0.6) is 11.5 Å². The van der Waals surface area contributed by atoms with Gasteiger partial charge in [-0.25, -0.2) is 0 Å². The average molecular weight is 507 g/mol. The van der Waals surface area contributed by atoms with Crippen LogP contribution in [0.25, 0.3) is 5.76 Å². The molecule has 1 aliphatic heterocycles. The van der Waals surface area contributed by atoms with Gasteiger partial charge < -0.3 is 24.4 Å². The van der Waals surface area contributed by atoms with Gasteiger partial charge in [0, 0.05) is 12.1 Å². The first-order valence-electron chi connectivity index (χ1n) is 12.9. The second-order valence-electron chi connectivity index (χ2n) is 9.24. The molecule has 1 atom stereocenters. The molecule has 0 bridgehead atoms. The van der Waals surface area contributed by atoms with Gasteiger partial charge in [0.1, 0.15) is 23.9 Å². The second kappa shape index (κ2) is 13.1. The molecule has 1 fully saturated rings. The number of hydrogen-bond acceptors (Lipinski definition) is 6. The number of likely N-dealkylation sites (tertiary alicyclic amines) is 1. The van der Waals surface area contributed by atoms with Crippen molar-refractivity contribution in [2.75, 3.05) is 32.8 Å². The summed E-state index contributed by atoms with van der Waals surface area (Å²) in [6, 6.07) is 13.4. The Labute approximate surface area is 220 Å². The Hall–Kier alpha value is -3.58. The predicted molar refractivity (Wildman–Crippen MR) is 146 cm³/mol. The first-order chi connectivity index (χ1) is 17.8. The zero-order valence-corrected chi connectivity index (χ0v) is 22.3. The maximum atomic E-state index is 13.3. The van der Waals surface area contributed by atoms with E-state index >= 15 is 0 Å². The monoisotopic (exact) mass is 506 g/mol. The van der Waals surface area contributed by atoms with Crippen molar-refractivity contribution in [1.82, 2.24) is 9.80 Å². The van der Waals surface area contributed by atoms with E-state index < -0.39 is 17.7 Å². The lowest BCUT2D eigenvalue weighted by atomic mass is 9.95. The van der Waals surface area contributed by atoms with Crippen molar-refractivity contribution in [2.45, 2.75) is 46.3 Å². The lowest BCUT2D eigenvalue weighted by Gasteiger charge is -2.27. The number of amides is 1. The van der Waals surface area contributed by atoms with Crippen LogP contribution in [0, 0.1) is 0 Å². The van der Waals surface area contributed by atoms with Crippen molar-refractivity contribution in [3.8, 4) is 11.5 Å². The highest BCUT2D eigenvalue weighted by molar-refractivity contribution is 6.46. The lowest BCUT2D eigenvalue weighted by molar-refractivity contribution is -0.140. The van der Waals surface area contributed by atoms with E-state index in [9.17, 15) is 14.7 Å². The van der Waals surface area contributed by atoms with Crippen molar-refractivity contribution in [3.63, 3.8) is 0 Å². The van der Waals surface area contributed by atoms with Crippen molar-refractivity contribution in [1.29, 1.82) is 0 Å². The number of aliphatic hydroxyl groups excluding tert-OH is 1. The fraction of sp³-hybridized carbons (Fsp3) is 0.400. The van der Waals surface area contributed by atoms with Crippen LogP contribution >= 0.6 is 0 Å². The van der Waals surface area contributed by atoms with E-state index in [1.807, 2.05) is 38.1 Å². The number of benzene rings is 2. The normalized spacial score (nSPS) is 17.0. The summed E-state index contributed by atoms with van der Waals surface area (Å²) in [5.74, 6) is -0.245. The second-order valence-corrected chi connectivity index (χ2v) is 9.24. The van der Waals surface area contributed by atoms with Crippen LogP contribution in [0.4, 0.5) is 0 Å². The van der Waals surface area contributed by atoms with Gasteiger partial charge in [0.15, 0.2) is 0 Å². The zero-order valence-electron chi connectivity index (χ0n) is 22.3. The molecule has 0 aromatic heterocycles. The van der Waals surface area contributed by atoms with E-state index in [4.69, 9.17) is 9.47 Å². The highest BCUT2D eigenvalue weighted by atomic mass is 16.5. The van der Waals surface area contributed by atoms with Gasteiger partial charge in [0.05, 0.1) is 17.7 Å². The zero-order chi connectivity index (χ0) is 26.9. The SMILES string of the molecule is C=CCOc1cccc([C@H]2C(=C(O)c3ccc(OC(C)C)cc3)C(=O)C(=O)N2CCCN(CC)CC)c1. The summed E-state index contributed by atoms with van der Waals surface area (Å²) in [7, 11) is 0. The van der Waals surface area contributed by atoms with Crippen molar-refractivity contribution >= 4 is 17.4 Å². The first-order valence-corrected chi connectivity index (χ1v) is 12.9. The Kier molecular flexibility index (Phi) is 9.92. The summed E-state index contributed by atoms with van der Waals surface area (Å²) < 4.78 is 11.4. The smallest absolute Gasteiger partial charge is 0.295 e. The van der Waals surface area contributed by atoms with Gasteiger partial charge >= 0.3 is 0 Å². The predicted octanol–water partition coefficient (Wildman–Crippen LogP) is 5.19. The van der Waals surface area contributed by atoms with Crippen LogP contribution in [-0.4, -0.2) is 65.5 Å². The summed E-state index contributed by atoms with van der Waals surface area (Å²) in [5.41, 5.74) is 1.22. The number of nitrogens with zero attached hydrogens (tertiary/aromatic N) is 2. The number of carbonyl (C=O) groups is 2. The Morgan fingerprint density at radius 2 is 1.81 bits per heavy atom. The minimum atomic E-state index is -0.726. The Morgan fingerprint density at radius 1 is 1.11 bits per heavy atom. The van der Waals surface area contributed by atoms with Crippen molar-refractivity contribution in [2.24, 2.45) is 0 Å². The summed E-state index contributed by atoms with van der Waals surface area (Å²) >= 11 is 0. The third-order valence-electron chi connectivity index (χ3n) is 6.35. The fourth-order valence-corrected chi connectivity index (χ4v) is 4.51. The molecule has 0 aliphatic carbocycles. The van der Waals surface area contributed by atoms with Gasteiger partial charge in [0.2, 0.25) is 0 Å². The minimum Gasteiger partial charge on any atom is -0.507 e. The third kappa shape index (κ3) is 6.80. The van der Waals surface area contributed by atoms with Crippen LogP contribution in [0.3, 0.4) is 0 Å². The van der Waals surface area contributed by atoms with E-state index in [0.717, 1.165) is 19.6 Å². The maximum Gasteiger partial charge on any atom is 0.295 e. The third-order valence-corrected chi connectivity index (χ3v) is 6.35. The van der Waals surface area contributed by atoms with E-state index in [2.05, 4.69) is 25.3 Å². The van der Waals surface area contributed by atoms with Gasteiger partial charge in [-0.2, -0.15) is 0 Å². The standard InChI is InChI=1S/C30H38N2O5/c1-6-19-36-25-12-9-11-23(20-25)27-26(28(33)22-13-15-24(16-14-22)37-21(4)5)29(34)30(35)32(27)18-10-17-31(7-2)8-3/h6,9,11-16,20-21,27,33H,1,7-8,10,17-19H2,2-5H3/t27-/m0/s1. The van der Waals surface area contributed by atoms with Gasteiger partial charge in [-0.3, -0.25) is 9.59 Å². The van der Waals surface area contributed by atoms with Crippen LogP contribution in [0.1, 0.15) is 51.3 Å². The molecule has 3 rings (SSSR count). The topological polar surface area (TPSA) is 79.3 Å². The molecule has 1 N–H and O–H groups in total. The molecular formula is C30H38N2O5. The number of carbonyl (C=O) groups excluding carboxylic acids is 2. The van der Waals surface area contributed by atoms with Gasteiger partial charge in [-0.15, -0.1) is 0 Å². The summed E-state index contributed by atoms with van der Waals surface area (Å²) in [4.78, 5) is 30.4. The number of hydrogen-bond donors (Lipinski definition) is 1. The number of Topliss-reactive ketones (excluding diaryl/α,β-unsaturated/α-hetero) is 1. The molecule has 7 nitrogen and oxygen atoms in total. The molecule has 37 heavy (non-hydrogen) atoms. The minimum absolute atomic E-state index is 0.0108. The molecular weight excluding hydrogens is 468 g/mol. The highest BCUT2D eigenvalue weighted by Gasteiger charge is 2.45. The molecule has 0 spiro atoms. The number of rotatable bonds is 13. The molecule has 0 radical (unpaired) electrons. The molecule has 7 heteroatoms. The molecule has 198 valence electrons. The van der Waals surface area contributed by atoms with Gasteiger partial charge in [0.25, 0.3) is 11.7 Å². The lowest BCUT2D eigenvalue weighted by Crippen LogP contribution is -2.33. The largest absolute Gasteiger partial charge is 0.507 e. The summed E-state index contributed by atoms with van der Waals surface area (Å²) in [6.45, 7) is 15.1. The van der Waals surface area contributed by atoms with Crippen LogP contribution in [0.2, 0.25) is 0 Å². The first kappa shape index (κ1) is 28.0. The Balaban J connectivity index is 2.02. The molecule has 0 saturated carbocycles. The van der Waals surface area contributed by atoms with Crippen molar-refractivity contribution in [3.05, 3.63) is 77.9 Å². The molecule has 1 amide bonds. The van der Waals surface area contributed by atoms with E-state index in [-0.39, 0.29) is 17.4 Å². The molecule has 1 aliphatic rings. The number of ketones is 1. The maximum absolute atomic E-state index is 13.3. The molecule has 1 saturated heterocycles. The fourth-order valence-electron chi connectivity index (χ4n) is 4.51. The number of aliphatic hydroxyl groups is 1. The molecule has 1 heterocycles. The Bertz CT molecular complexity index is 1120. The van der Waals surface area contributed by atoms with Gasteiger partial charge in [-0.1, -0.05) is 38.6 Å². The quantitative estimate of drug-likeness (QED) is 0.174. The van der Waals surface area contributed by atoms with Crippen LogP contribution in [-0.2, 0) is 9.59 Å². The van der Waals surface area contributed by atoms with E-state index in [1.165, 1.54) is 0 Å². The van der Waals surface area contributed by atoms with E-state index in [1.54, 1.807) is 35.2 Å². The molecule has 0 unspecified atom stereocenters. The number of ether oxygens (including phenoxy) is 2. The molecule has 2 aromatic carbocycles. The summed E-state index contributed by atoms with van der Waals surface area (Å²) in [6.07, 6.45) is 2.37. The van der Waals surface area contributed by atoms with Crippen LogP contribution in [0.15, 0.2) is 66.8 Å². The Morgan fingerprint density at radius 3 is 2.43 bits per heavy atom.